The second kappa shape index (κ2) is 3.58. The van der Waals surface area contributed by atoms with E-state index in [1.54, 1.807) is 5.57 Å². The van der Waals surface area contributed by atoms with Crippen LogP contribution in [-0.2, 0) is 4.79 Å². The summed E-state index contributed by atoms with van der Waals surface area (Å²) in [7, 11) is 0. The van der Waals surface area contributed by atoms with E-state index in [9.17, 15) is 4.79 Å². The van der Waals surface area contributed by atoms with E-state index in [0.717, 1.165) is 32.1 Å². The van der Waals surface area contributed by atoms with Crippen LogP contribution in [0.2, 0.25) is 0 Å². The van der Waals surface area contributed by atoms with Crippen LogP contribution in [0.4, 0.5) is 0 Å². The number of allylic oxidation sites excluding steroid dienone is 3. The van der Waals surface area contributed by atoms with Crippen molar-refractivity contribution < 1.29 is 4.79 Å². The lowest BCUT2D eigenvalue weighted by Crippen LogP contribution is -2.35. The van der Waals surface area contributed by atoms with Gasteiger partial charge in [0, 0.05) is 11.8 Å². The molecule has 1 heteroatoms. The van der Waals surface area contributed by atoms with Crippen LogP contribution in [0.25, 0.3) is 0 Å². The standard InChI is InChI=1S/C15H22O/c1-5-15(4)9-8-12-11(10-15)6-7-13(16)14(12,2)3/h5H,1,6-10H2,2-4H3. The Hall–Kier alpha value is -0.850. The highest BCUT2D eigenvalue weighted by Crippen LogP contribution is 2.50. The van der Waals surface area contributed by atoms with Crippen LogP contribution in [0.1, 0.15) is 52.9 Å². The van der Waals surface area contributed by atoms with Gasteiger partial charge in [-0.1, -0.05) is 24.1 Å². The molecule has 1 atom stereocenters. The monoisotopic (exact) mass is 218 g/mol. The molecule has 0 N–H and O–H groups in total. The normalized spacial score (nSPS) is 33.6. The Morgan fingerprint density at radius 3 is 2.50 bits per heavy atom. The summed E-state index contributed by atoms with van der Waals surface area (Å²) in [6.07, 6.45) is 7.16. The molecule has 2 rings (SSSR count). The molecule has 0 aliphatic heterocycles. The minimum atomic E-state index is -0.198. The predicted molar refractivity (Wildman–Crippen MR) is 67.2 cm³/mol. The van der Waals surface area contributed by atoms with Crippen LogP contribution in [0, 0.1) is 10.8 Å². The van der Waals surface area contributed by atoms with Crippen molar-refractivity contribution >= 4 is 5.78 Å². The summed E-state index contributed by atoms with van der Waals surface area (Å²) in [5.74, 6) is 0.424. The summed E-state index contributed by atoms with van der Waals surface area (Å²) >= 11 is 0. The first-order valence-corrected chi connectivity index (χ1v) is 6.27. The zero-order valence-electron chi connectivity index (χ0n) is 10.7. The van der Waals surface area contributed by atoms with Crippen LogP contribution in [-0.4, -0.2) is 5.78 Å². The highest BCUT2D eigenvalue weighted by atomic mass is 16.1. The van der Waals surface area contributed by atoms with Crippen LogP contribution in [0.15, 0.2) is 23.8 Å². The smallest absolute Gasteiger partial charge is 0.142 e. The summed E-state index contributed by atoms with van der Waals surface area (Å²) in [5.41, 5.74) is 3.03. The molecule has 16 heavy (non-hydrogen) atoms. The van der Waals surface area contributed by atoms with Gasteiger partial charge in [-0.25, -0.2) is 0 Å². The van der Waals surface area contributed by atoms with Crippen molar-refractivity contribution in [3.05, 3.63) is 23.8 Å². The topological polar surface area (TPSA) is 17.1 Å². The molecule has 0 saturated carbocycles. The number of carbonyl (C=O) groups is 1. The zero-order chi connectivity index (χ0) is 12.0. The average molecular weight is 218 g/mol. The van der Waals surface area contributed by atoms with Crippen LogP contribution in [0.3, 0.4) is 0 Å². The fourth-order valence-corrected chi connectivity index (χ4v) is 3.18. The van der Waals surface area contributed by atoms with Crippen molar-refractivity contribution in [2.75, 3.05) is 0 Å². The number of carbonyl (C=O) groups excluding carboxylic acids is 1. The summed E-state index contributed by atoms with van der Waals surface area (Å²) < 4.78 is 0. The Balaban J connectivity index is 2.37. The van der Waals surface area contributed by atoms with Gasteiger partial charge in [-0.05, 0) is 44.9 Å². The van der Waals surface area contributed by atoms with E-state index in [-0.39, 0.29) is 10.8 Å². The number of hydrogen-bond donors (Lipinski definition) is 0. The van der Waals surface area contributed by atoms with E-state index >= 15 is 0 Å². The minimum Gasteiger partial charge on any atom is -0.299 e. The molecule has 1 nitrogen and oxygen atoms in total. The van der Waals surface area contributed by atoms with Gasteiger partial charge in [0.05, 0.1) is 0 Å². The number of ketones is 1. The third kappa shape index (κ3) is 1.66. The molecular weight excluding hydrogens is 196 g/mol. The van der Waals surface area contributed by atoms with Crippen LogP contribution >= 0.6 is 0 Å². The molecule has 0 amide bonds. The maximum atomic E-state index is 11.9. The van der Waals surface area contributed by atoms with Crippen molar-refractivity contribution in [3.8, 4) is 0 Å². The second-order valence-corrected chi connectivity index (χ2v) is 6.17. The quantitative estimate of drug-likeness (QED) is 0.607. The summed E-state index contributed by atoms with van der Waals surface area (Å²) in [6, 6.07) is 0. The summed E-state index contributed by atoms with van der Waals surface area (Å²) in [6.45, 7) is 10.4. The van der Waals surface area contributed by atoms with Crippen molar-refractivity contribution in [1.82, 2.24) is 0 Å². The molecule has 88 valence electrons. The number of rotatable bonds is 1. The lowest BCUT2D eigenvalue weighted by atomic mass is 9.62. The van der Waals surface area contributed by atoms with Gasteiger partial charge < -0.3 is 0 Å². The molecule has 0 heterocycles. The Morgan fingerprint density at radius 1 is 1.19 bits per heavy atom. The fraction of sp³-hybridized carbons (Fsp3) is 0.667. The molecule has 0 aromatic heterocycles. The van der Waals surface area contributed by atoms with Gasteiger partial charge in [0.2, 0.25) is 0 Å². The van der Waals surface area contributed by atoms with Crippen molar-refractivity contribution in [1.29, 1.82) is 0 Å². The van der Waals surface area contributed by atoms with E-state index < -0.39 is 0 Å². The first kappa shape index (κ1) is 11.6. The van der Waals surface area contributed by atoms with Gasteiger partial charge in [0.15, 0.2) is 0 Å². The molecule has 0 bridgehead atoms. The van der Waals surface area contributed by atoms with Crippen LogP contribution in [0.5, 0.6) is 0 Å². The maximum Gasteiger partial charge on any atom is 0.142 e. The first-order valence-electron chi connectivity index (χ1n) is 6.27. The molecule has 1 unspecified atom stereocenters. The van der Waals surface area contributed by atoms with Gasteiger partial charge in [-0.15, -0.1) is 6.58 Å². The van der Waals surface area contributed by atoms with E-state index in [4.69, 9.17) is 0 Å². The molecule has 0 spiro atoms. The van der Waals surface area contributed by atoms with Gasteiger partial charge >= 0.3 is 0 Å². The van der Waals surface area contributed by atoms with E-state index in [0.29, 0.717) is 5.78 Å². The Labute approximate surface area is 98.6 Å². The summed E-state index contributed by atoms with van der Waals surface area (Å²) in [4.78, 5) is 11.9. The Bertz CT molecular complexity index is 373. The fourth-order valence-electron chi connectivity index (χ4n) is 3.18. The molecule has 0 aromatic carbocycles. The van der Waals surface area contributed by atoms with E-state index in [1.165, 1.54) is 5.57 Å². The SMILES string of the molecule is C=CC1(C)CCC2=C(CCC(=O)C2(C)C)C1. The Morgan fingerprint density at radius 2 is 1.88 bits per heavy atom. The lowest BCUT2D eigenvalue weighted by Gasteiger charge is -2.42. The molecule has 0 fully saturated rings. The van der Waals surface area contributed by atoms with Gasteiger partial charge in [0.1, 0.15) is 5.78 Å². The van der Waals surface area contributed by atoms with E-state index in [1.807, 2.05) is 0 Å². The lowest BCUT2D eigenvalue weighted by molar-refractivity contribution is -0.126. The van der Waals surface area contributed by atoms with Crippen molar-refractivity contribution in [2.24, 2.45) is 10.8 Å². The second-order valence-electron chi connectivity index (χ2n) is 6.17. The number of hydrogen-bond acceptors (Lipinski definition) is 1. The average Bonchev–Trinajstić information content (AvgIpc) is 2.24. The van der Waals surface area contributed by atoms with Gasteiger partial charge in [0.25, 0.3) is 0 Å². The minimum absolute atomic E-state index is 0.198. The third-order valence-corrected chi connectivity index (χ3v) is 4.59. The number of Topliss-reactive ketones (excluding diaryl/α,β-unsaturated/α-hetero) is 1. The maximum absolute atomic E-state index is 11.9. The predicted octanol–water partition coefficient (Wildman–Crippen LogP) is 4.05. The Kier molecular flexibility index (Phi) is 2.60. The van der Waals surface area contributed by atoms with Crippen molar-refractivity contribution in [2.45, 2.75) is 52.9 Å². The van der Waals surface area contributed by atoms with Gasteiger partial charge in [-0.3, -0.25) is 4.79 Å². The van der Waals surface area contributed by atoms with Crippen LogP contribution < -0.4 is 0 Å². The van der Waals surface area contributed by atoms with Crippen molar-refractivity contribution in [3.63, 3.8) is 0 Å². The summed E-state index contributed by atoms with van der Waals surface area (Å²) in [5, 5.41) is 0. The molecule has 2 aliphatic carbocycles. The largest absolute Gasteiger partial charge is 0.299 e. The first-order chi connectivity index (χ1) is 7.39. The molecular formula is C15H22O. The van der Waals surface area contributed by atoms with E-state index in [2.05, 4.69) is 33.4 Å². The molecule has 0 radical (unpaired) electrons. The molecule has 0 saturated heterocycles. The molecule has 0 aromatic rings. The zero-order valence-corrected chi connectivity index (χ0v) is 10.7. The highest BCUT2D eigenvalue weighted by Gasteiger charge is 2.41. The molecule has 2 aliphatic rings. The van der Waals surface area contributed by atoms with Gasteiger partial charge in [-0.2, -0.15) is 0 Å². The third-order valence-electron chi connectivity index (χ3n) is 4.59. The highest BCUT2D eigenvalue weighted by molar-refractivity contribution is 5.89.